The van der Waals surface area contributed by atoms with Crippen molar-refractivity contribution in [3.05, 3.63) is 35.4 Å². The number of amides is 2. The second-order valence-electron chi connectivity index (χ2n) is 3.74. The van der Waals surface area contributed by atoms with Gasteiger partial charge >= 0.3 is 0 Å². The summed E-state index contributed by atoms with van der Waals surface area (Å²) >= 11 is 0. The number of hydrogen-bond acceptors (Lipinski definition) is 8. The lowest BCUT2D eigenvalue weighted by Crippen LogP contribution is -2.19. The van der Waals surface area contributed by atoms with E-state index in [9.17, 15) is 9.59 Å². The predicted octanol–water partition coefficient (Wildman–Crippen LogP) is -0.812. The van der Waals surface area contributed by atoms with Gasteiger partial charge in [0.1, 0.15) is 0 Å². The summed E-state index contributed by atoms with van der Waals surface area (Å²) in [6.07, 6.45) is 0. The second kappa shape index (κ2) is 5.18. The molecule has 7 N–H and O–H groups in total. The Bertz CT molecular complexity index is 603. The van der Waals surface area contributed by atoms with Crippen LogP contribution in [0.3, 0.4) is 0 Å². The zero-order valence-corrected chi connectivity index (χ0v) is 10.2. The lowest BCUT2D eigenvalue weighted by molar-refractivity contribution is 0.0879. The van der Waals surface area contributed by atoms with Gasteiger partial charge in [-0.1, -0.05) is 12.1 Å². The number of aromatic nitrogens is 3. The van der Waals surface area contributed by atoms with Gasteiger partial charge in [-0.25, -0.2) is 0 Å². The highest BCUT2D eigenvalue weighted by molar-refractivity contribution is 6.21. The molecule has 1 aliphatic heterocycles. The molecule has 20 heavy (non-hydrogen) atoms. The number of nitrogens with zero attached hydrogens (tertiary/aromatic N) is 3. The molecule has 9 nitrogen and oxygen atoms in total. The summed E-state index contributed by atoms with van der Waals surface area (Å²) in [5.41, 5.74) is 16.4. The van der Waals surface area contributed by atoms with Crippen LogP contribution in [0.25, 0.3) is 0 Å². The number of imide groups is 1. The zero-order valence-electron chi connectivity index (χ0n) is 10.2. The molecule has 3 rings (SSSR count). The van der Waals surface area contributed by atoms with Crippen LogP contribution in [0.1, 0.15) is 20.7 Å². The minimum Gasteiger partial charge on any atom is -0.368 e. The van der Waals surface area contributed by atoms with Gasteiger partial charge in [-0.2, -0.15) is 15.0 Å². The van der Waals surface area contributed by atoms with E-state index in [-0.39, 0.29) is 29.7 Å². The van der Waals surface area contributed by atoms with Crippen LogP contribution in [0, 0.1) is 0 Å². The second-order valence-corrected chi connectivity index (χ2v) is 3.74. The van der Waals surface area contributed by atoms with Crippen LogP contribution in [-0.4, -0.2) is 26.8 Å². The first-order valence-corrected chi connectivity index (χ1v) is 5.44. The lowest BCUT2D eigenvalue weighted by atomic mass is 10.1. The van der Waals surface area contributed by atoms with E-state index in [1.165, 1.54) is 0 Å². The number of nitrogens with two attached hydrogens (primary N) is 3. The number of fused-ring (bicyclic) bond motifs is 1. The average molecular weight is 273 g/mol. The maximum absolute atomic E-state index is 10.9. The van der Waals surface area contributed by atoms with E-state index in [1.807, 2.05) is 0 Å². The van der Waals surface area contributed by atoms with Crippen LogP contribution in [0.5, 0.6) is 0 Å². The Morgan fingerprint density at radius 2 is 1.10 bits per heavy atom. The molecule has 1 aromatic heterocycles. The molecule has 0 saturated heterocycles. The Labute approximate surface area is 113 Å². The molecule has 0 atom stereocenters. The van der Waals surface area contributed by atoms with E-state index in [0.29, 0.717) is 11.1 Å². The largest absolute Gasteiger partial charge is 0.368 e. The fourth-order valence-electron chi connectivity index (χ4n) is 1.54. The summed E-state index contributed by atoms with van der Waals surface area (Å²) in [7, 11) is 0. The first-order valence-electron chi connectivity index (χ1n) is 5.44. The van der Waals surface area contributed by atoms with Crippen LogP contribution >= 0.6 is 0 Å². The monoisotopic (exact) mass is 273 g/mol. The molecule has 1 aromatic carbocycles. The van der Waals surface area contributed by atoms with Gasteiger partial charge in [0.05, 0.1) is 11.1 Å². The van der Waals surface area contributed by atoms with Crippen molar-refractivity contribution in [3.8, 4) is 0 Å². The summed E-state index contributed by atoms with van der Waals surface area (Å²) in [5, 5.41) is 2.20. The van der Waals surface area contributed by atoms with Crippen LogP contribution < -0.4 is 22.5 Å². The third kappa shape index (κ3) is 2.77. The molecule has 0 saturated carbocycles. The summed E-state index contributed by atoms with van der Waals surface area (Å²) in [5.74, 6) is -0.476. The number of rotatable bonds is 0. The summed E-state index contributed by atoms with van der Waals surface area (Å²) in [6.45, 7) is 0. The van der Waals surface area contributed by atoms with Crippen molar-refractivity contribution in [2.24, 2.45) is 0 Å². The zero-order chi connectivity index (χ0) is 14.7. The SMILES string of the molecule is Nc1nc(N)nc(N)n1.O=C1NC(=O)c2ccccc21. The number of hydrogen-bond donors (Lipinski definition) is 4. The summed E-state index contributed by atoms with van der Waals surface area (Å²) in [4.78, 5) is 32.4. The first-order chi connectivity index (χ1) is 9.47. The Morgan fingerprint density at radius 1 is 0.750 bits per heavy atom. The molecule has 0 radical (unpaired) electrons. The highest BCUT2D eigenvalue weighted by atomic mass is 16.2. The molecular weight excluding hydrogens is 262 g/mol. The van der Waals surface area contributed by atoms with Gasteiger partial charge in [0.2, 0.25) is 17.8 Å². The van der Waals surface area contributed by atoms with Crippen molar-refractivity contribution in [1.29, 1.82) is 0 Å². The van der Waals surface area contributed by atoms with Crippen LogP contribution in [0.4, 0.5) is 17.8 Å². The minimum atomic E-state index is -0.300. The van der Waals surface area contributed by atoms with Gasteiger partial charge in [-0.3, -0.25) is 14.9 Å². The Hall–Kier alpha value is -3.23. The van der Waals surface area contributed by atoms with Crippen LogP contribution in [0.15, 0.2) is 24.3 Å². The number of nitrogens with one attached hydrogen (secondary N) is 1. The highest BCUT2D eigenvalue weighted by Gasteiger charge is 2.25. The third-order valence-corrected chi connectivity index (χ3v) is 2.33. The predicted molar refractivity (Wildman–Crippen MR) is 71.3 cm³/mol. The fourth-order valence-corrected chi connectivity index (χ4v) is 1.54. The van der Waals surface area contributed by atoms with Crippen molar-refractivity contribution in [2.45, 2.75) is 0 Å². The smallest absolute Gasteiger partial charge is 0.258 e. The number of nitrogen functional groups attached to an aromatic ring is 3. The molecule has 102 valence electrons. The number of benzene rings is 1. The lowest BCUT2D eigenvalue weighted by Gasteiger charge is -1.93. The van der Waals surface area contributed by atoms with E-state index in [1.54, 1.807) is 24.3 Å². The average Bonchev–Trinajstić information content (AvgIpc) is 2.65. The first kappa shape index (κ1) is 13.2. The van der Waals surface area contributed by atoms with E-state index in [2.05, 4.69) is 20.3 Å². The Kier molecular flexibility index (Phi) is 3.42. The number of anilines is 3. The third-order valence-electron chi connectivity index (χ3n) is 2.33. The topological polar surface area (TPSA) is 163 Å². The van der Waals surface area contributed by atoms with Crippen molar-refractivity contribution in [1.82, 2.24) is 20.3 Å². The van der Waals surface area contributed by atoms with Gasteiger partial charge in [0.25, 0.3) is 11.8 Å². The Morgan fingerprint density at radius 3 is 1.45 bits per heavy atom. The molecule has 2 aromatic rings. The maximum Gasteiger partial charge on any atom is 0.258 e. The van der Waals surface area contributed by atoms with Gasteiger partial charge in [-0.05, 0) is 12.1 Å². The quantitative estimate of drug-likeness (QED) is 0.452. The van der Waals surface area contributed by atoms with Crippen LogP contribution in [0.2, 0.25) is 0 Å². The molecule has 0 bridgehead atoms. The number of carbonyl (C=O) groups excluding carboxylic acids is 2. The van der Waals surface area contributed by atoms with Crippen molar-refractivity contribution < 1.29 is 9.59 Å². The maximum atomic E-state index is 10.9. The molecular formula is C11H11N7O2. The molecule has 0 spiro atoms. The number of carbonyl (C=O) groups is 2. The van der Waals surface area contributed by atoms with Gasteiger partial charge in [0, 0.05) is 0 Å². The highest BCUT2D eigenvalue weighted by Crippen LogP contribution is 2.13. The van der Waals surface area contributed by atoms with Crippen LogP contribution in [-0.2, 0) is 0 Å². The molecule has 1 aliphatic rings. The Balaban J connectivity index is 0.000000151. The van der Waals surface area contributed by atoms with Crippen molar-refractivity contribution >= 4 is 29.7 Å². The van der Waals surface area contributed by atoms with Crippen molar-refractivity contribution in [3.63, 3.8) is 0 Å². The molecule has 0 unspecified atom stereocenters. The molecule has 0 fully saturated rings. The van der Waals surface area contributed by atoms with E-state index < -0.39 is 0 Å². The summed E-state index contributed by atoms with van der Waals surface area (Å²) in [6, 6.07) is 6.74. The van der Waals surface area contributed by atoms with Gasteiger partial charge < -0.3 is 17.2 Å². The molecule has 2 amide bonds. The molecule has 9 heteroatoms. The normalized spacial score (nSPS) is 12.2. The van der Waals surface area contributed by atoms with E-state index >= 15 is 0 Å². The fraction of sp³-hybridized carbons (Fsp3) is 0. The summed E-state index contributed by atoms with van der Waals surface area (Å²) < 4.78 is 0. The standard InChI is InChI=1S/C8H5NO2.C3H6N6/c10-7-5-3-1-2-4-6(5)8(11)9-7;4-1-7-2(5)9-3(6)8-1/h1-4H,(H,9,10,11);(H6,4,5,6,7,8,9). The van der Waals surface area contributed by atoms with E-state index in [4.69, 9.17) is 17.2 Å². The molecule has 0 aliphatic carbocycles. The van der Waals surface area contributed by atoms with Crippen molar-refractivity contribution in [2.75, 3.05) is 17.2 Å². The minimum absolute atomic E-state index is 0.0417. The van der Waals surface area contributed by atoms with Gasteiger partial charge in [-0.15, -0.1) is 0 Å². The van der Waals surface area contributed by atoms with Gasteiger partial charge in [0.15, 0.2) is 0 Å². The molecule has 2 heterocycles. The van der Waals surface area contributed by atoms with E-state index in [0.717, 1.165) is 0 Å².